The summed E-state index contributed by atoms with van der Waals surface area (Å²) < 4.78 is 5.55. The third-order valence-electron chi connectivity index (χ3n) is 3.01. The number of benzene rings is 1. The molecular formula is C15H22ClN3O3. The summed E-state index contributed by atoms with van der Waals surface area (Å²) in [6.07, 6.45) is 0. The van der Waals surface area contributed by atoms with Gasteiger partial charge in [0.1, 0.15) is 12.4 Å². The predicted octanol–water partition coefficient (Wildman–Crippen LogP) is 1.84. The molecule has 0 aliphatic heterocycles. The lowest BCUT2D eigenvalue weighted by Crippen LogP contribution is -2.45. The number of para-hydroxylation sites is 1. The number of hydrogen-bond donors (Lipinski definition) is 1. The highest BCUT2D eigenvalue weighted by molar-refractivity contribution is 6.32. The molecule has 0 saturated heterocycles. The summed E-state index contributed by atoms with van der Waals surface area (Å²) in [5.74, 6) is 0.431. The van der Waals surface area contributed by atoms with Crippen LogP contribution in [0.5, 0.6) is 5.75 Å². The van der Waals surface area contributed by atoms with Crippen molar-refractivity contribution < 1.29 is 14.3 Å². The quantitative estimate of drug-likeness (QED) is 0.831. The minimum absolute atomic E-state index is 0.0201. The number of amides is 3. The zero-order chi connectivity index (χ0) is 16.5. The fraction of sp³-hybridized carbons (Fsp3) is 0.467. The Hall–Kier alpha value is -1.95. The molecule has 0 radical (unpaired) electrons. The molecule has 0 heterocycles. The summed E-state index contributed by atoms with van der Waals surface area (Å²) in [7, 11) is 3.28. The molecule has 0 bridgehead atoms. The number of ether oxygens (including phenoxy) is 1. The van der Waals surface area contributed by atoms with Gasteiger partial charge in [0.15, 0.2) is 0 Å². The van der Waals surface area contributed by atoms with Crippen molar-refractivity contribution in [3.8, 4) is 5.75 Å². The van der Waals surface area contributed by atoms with E-state index in [0.29, 0.717) is 30.5 Å². The molecule has 6 nitrogen and oxygen atoms in total. The summed E-state index contributed by atoms with van der Waals surface area (Å²) in [4.78, 5) is 26.4. The monoisotopic (exact) mass is 327 g/mol. The molecule has 0 fully saturated rings. The molecule has 0 aromatic heterocycles. The Labute approximate surface area is 136 Å². The van der Waals surface area contributed by atoms with Gasteiger partial charge in [0.2, 0.25) is 5.91 Å². The minimum atomic E-state index is -0.291. The molecule has 0 spiro atoms. The smallest absolute Gasteiger partial charge is 0.317 e. The van der Waals surface area contributed by atoms with E-state index in [1.165, 1.54) is 4.90 Å². The Bertz CT molecular complexity index is 509. The summed E-state index contributed by atoms with van der Waals surface area (Å²) >= 11 is 5.99. The molecule has 22 heavy (non-hydrogen) atoms. The predicted molar refractivity (Wildman–Crippen MR) is 86.3 cm³/mol. The molecule has 1 N–H and O–H groups in total. The van der Waals surface area contributed by atoms with E-state index in [0.717, 1.165) is 0 Å². The first-order valence-corrected chi connectivity index (χ1v) is 7.43. The van der Waals surface area contributed by atoms with E-state index in [1.54, 1.807) is 31.1 Å². The second-order valence-corrected chi connectivity index (χ2v) is 5.21. The van der Waals surface area contributed by atoms with Gasteiger partial charge in [-0.05, 0) is 19.1 Å². The average Bonchev–Trinajstić information content (AvgIpc) is 2.50. The summed E-state index contributed by atoms with van der Waals surface area (Å²) in [5, 5.41) is 3.12. The van der Waals surface area contributed by atoms with E-state index in [9.17, 15) is 9.59 Å². The maximum Gasteiger partial charge on any atom is 0.317 e. The normalized spacial score (nSPS) is 10.0. The second kappa shape index (κ2) is 9.15. The zero-order valence-corrected chi connectivity index (χ0v) is 13.9. The van der Waals surface area contributed by atoms with Crippen LogP contribution in [0.25, 0.3) is 0 Å². The third-order valence-corrected chi connectivity index (χ3v) is 3.33. The molecule has 7 heteroatoms. The highest BCUT2D eigenvalue weighted by Gasteiger charge is 2.13. The average molecular weight is 328 g/mol. The molecule has 1 aromatic carbocycles. The van der Waals surface area contributed by atoms with Crippen molar-refractivity contribution in [2.45, 2.75) is 6.92 Å². The lowest BCUT2D eigenvalue weighted by molar-refractivity contribution is -0.127. The van der Waals surface area contributed by atoms with Gasteiger partial charge in [-0.3, -0.25) is 4.79 Å². The van der Waals surface area contributed by atoms with Crippen molar-refractivity contribution in [2.75, 3.05) is 40.3 Å². The van der Waals surface area contributed by atoms with Crippen molar-refractivity contribution in [1.82, 2.24) is 15.1 Å². The number of carbonyl (C=O) groups excluding carboxylic acids is 2. The fourth-order valence-corrected chi connectivity index (χ4v) is 1.84. The fourth-order valence-electron chi connectivity index (χ4n) is 1.65. The van der Waals surface area contributed by atoms with Crippen molar-refractivity contribution in [3.63, 3.8) is 0 Å². The molecule has 1 rings (SSSR count). The first-order chi connectivity index (χ1) is 10.5. The Morgan fingerprint density at radius 2 is 1.95 bits per heavy atom. The van der Waals surface area contributed by atoms with Crippen LogP contribution in [0.4, 0.5) is 4.79 Å². The van der Waals surface area contributed by atoms with Crippen molar-refractivity contribution in [1.29, 1.82) is 0 Å². The van der Waals surface area contributed by atoms with E-state index >= 15 is 0 Å². The molecule has 0 unspecified atom stereocenters. The van der Waals surface area contributed by atoms with Gasteiger partial charge in [-0.15, -0.1) is 0 Å². The van der Waals surface area contributed by atoms with Gasteiger partial charge < -0.3 is 19.9 Å². The Balaban J connectivity index is 2.39. The standard InChI is InChI=1S/C15H22ClN3O3/c1-4-19(15(21)17-11-14(20)18(2)3)9-10-22-13-8-6-5-7-12(13)16/h5-8H,4,9-11H2,1-3H3,(H,17,21). The van der Waals surface area contributed by atoms with Crippen LogP contribution < -0.4 is 10.1 Å². The topological polar surface area (TPSA) is 61.9 Å². The SMILES string of the molecule is CCN(CCOc1ccccc1Cl)C(=O)NCC(=O)N(C)C. The van der Waals surface area contributed by atoms with Crippen molar-refractivity contribution in [3.05, 3.63) is 29.3 Å². The minimum Gasteiger partial charge on any atom is -0.490 e. The van der Waals surface area contributed by atoms with Crippen LogP contribution in [0.3, 0.4) is 0 Å². The van der Waals surface area contributed by atoms with Crippen LogP contribution in [-0.4, -0.2) is 62.1 Å². The van der Waals surface area contributed by atoms with Crippen LogP contribution in [-0.2, 0) is 4.79 Å². The highest BCUT2D eigenvalue weighted by atomic mass is 35.5. The molecule has 0 atom stereocenters. The lowest BCUT2D eigenvalue weighted by atomic mass is 10.3. The zero-order valence-electron chi connectivity index (χ0n) is 13.1. The number of rotatable bonds is 7. The second-order valence-electron chi connectivity index (χ2n) is 4.81. The highest BCUT2D eigenvalue weighted by Crippen LogP contribution is 2.22. The first kappa shape index (κ1) is 18.1. The molecule has 122 valence electrons. The van der Waals surface area contributed by atoms with Crippen LogP contribution in [0.1, 0.15) is 6.92 Å². The van der Waals surface area contributed by atoms with Crippen LogP contribution >= 0.6 is 11.6 Å². The number of halogens is 1. The van der Waals surface area contributed by atoms with Gasteiger partial charge in [-0.1, -0.05) is 23.7 Å². The summed E-state index contributed by atoms with van der Waals surface area (Å²) in [6.45, 7) is 3.10. The van der Waals surface area contributed by atoms with Crippen LogP contribution in [0, 0.1) is 0 Å². The van der Waals surface area contributed by atoms with E-state index in [1.807, 2.05) is 19.1 Å². The van der Waals surface area contributed by atoms with Crippen LogP contribution in [0.15, 0.2) is 24.3 Å². The number of nitrogens with zero attached hydrogens (tertiary/aromatic N) is 2. The third kappa shape index (κ3) is 5.81. The van der Waals surface area contributed by atoms with E-state index in [-0.39, 0.29) is 18.5 Å². The number of carbonyl (C=O) groups is 2. The Morgan fingerprint density at radius 3 is 2.55 bits per heavy atom. The van der Waals surface area contributed by atoms with Gasteiger partial charge in [0.25, 0.3) is 0 Å². The lowest BCUT2D eigenvalue weighted by Gasteiger charge is -2.22. The molecule has 0 aliphatic rings. The van der Waals surface area contributed by atoms with Gasteiger partial charge in [-0.25, -0.2) is 4.79 Å². The number of likely N-dealkylation sites (N-methyl/N-ethyl adjacent to an activating group) is 2. The van der Waals surface area contributed by atoms with Gasteiger partial charge in [0.05, 0.1) is 18.1 Å². The maximum atomic E-state index is 12.0. The van der Waals surface area contributed by atoms with Gasteiger partial charge >= 0.3 is 6.03 Å². The number of urea groups is 1. The van der Waals surface area contributed by atoms with E-state index in [4.69, 9.17) is 16.3 Å². The molecule has 0 saturated carbocycles. The van der Waals surface area contributed by atoms with Gasteiger partial charge in [-0.2, -0.15) is 0 Å². The van der Waals surface area contributed by atoms with Gasteiger partial charge in [0, 0.05) is 20.6 Å². The first-order valence-electron chi connectivity index (χ1n) is 7.06. The Kier molecular flexibility index (Phi) is 7.52. The summed E-state index contributed by atoms with van der Waals surface area (Å²) in [5.41, 5.74) is 0. The molecular weight excluding hydrogens is 306 g/mol. The number of nitrogens with one attached hydrogen (secondary N) is 1. The summed E-state index contributed by atoms with van der Waals surface area (Å²) in [6, 6.07) is 6.88. The Morgan fingerprint density at radius 1 is 1.27 bits per heavy atom. The van der Waals surface area contributed by atoms with Crippen molar-refractivity contribution in [2.24, 2.45) is 0 Å². The van der Waals surface area contributed by atoms with Crippen molar-refractivity contribution >= 4 is 23.5 Å². The largest absolute Gasteiger partial charge is 0.490 e. The number of hydrogen-bond acceptors (Lipinski definition) is 3. The molecule has 1 aromatic rings. The van der Waals surface area contributed by atoms with E-state index in [2.05, 4.69) is 5.32 Å². The van der Waals surface area contributed by atoms with E-state index < -0.39 is 0 Å². The van der Waals surface area contributed by atoms with Crippen LogP contribution in [0.2, 0.25) is 5.02 Å². The molecule has 3 amide bonds. The maximum absolute atomic E-state index is 12.0. The molecule has 0 aliphatic carbocycles.